The molecule has 11 heteroatoms. The van der Waals surface area contributed by atoms with Gasteiger partial charge in [-0.1, -0.05) is 11.3 Å². The molecule has 1 saturated carbocycles. The monoisotopic (exact) mass is 456 g/mol. The Morgan fingerprint density at radius 1 is 1.34 bits per heavy atom. The average molecular weight is 457 g/mol. The van der Waals surface area contributed by atoms with Crippen LogP contribution in [0.5, 0.6) is 0 Å². The Kier molecular flexibility index (Phi) is 5.43. The quantitative estimate of drug-likeness (QED) is 0.472. The van der Waals surface area contributed by atoms with Crippen molar-refractivity contribution in [2.45, 2.75) is 38.3 Å². The van der Waals surface area contributed by atoms with Crippen LogP contribution in [0.15, 0.2) is 24.7 Å². The van der Waals surface area contributed by atoms with Crippen LogP contribution in [0.4, 0.5) is 10.8 Å². The van der Waals surface area contributed by atoms with Crippen molar-refractivity contribution in [2.24, 2.45) is 11.7 Å². The SMILES string of the molecule is NC(=O)c1nc(N(CC2CC2)c2cnn(C3CCCCO3)c2)sc1-c1cc(C(=O)O)c[nH]1. The van der Waals surface area contributed by atoms with Crippen LogP contribution in [0, 0.1) is 5.92 Å². The summed E-state index contributed by atoms with van der Waals surface area (Å²) in [6, 6.07) is 1.48. The van der Waals surface area contributed by atoms with Crippen molar-refractivity contribution in [1.29, 1.82) is 0 Å². The number of carbonyl (C=O) groups is 2. The van der Waals surface area contributed by atoms with Crippen molar-refractivity contribution in [3.63, 3.8) is 0 Å². The summed E-state index contributed by atoms with van der Waals surface area (Å²) in [6.07, 6.45) is 10.5. The number of rotatable bonds is 8. The second-order valence-electron chi connectivity index (χ2n) is 8.20. The molecule has 0 radical (unpaired) electrons. The van der Waals surface area contributed by atoms with Crippen LogP contribution in [-0.4, -0.2) is 49.9 Å². The number of carbonyl (C=O) groups excluding carboxylic acids is 1. The largest absolute Gasteiger partial charge is 0.478 e. The maximum absolute atomic E-state index is 12.1. The molecule has 2 fully saturated rings. The fourth-order valence-corrected chi connectivity index (χ4v) is 4.91. The van der Waals surface area contributed by atoms with Crippen LogP contribution in [-0.2, 0) is 4.74 Å². The number of nitrogens with two attached hydrogens (primary N) is 1. The molecule has 168 valence electrons. The standard InChI is InChI=1S/C21H24N6O4S/c22-19(28)17-18(15-7-13(8-23-15)20(29)30)32-21(25-17)26(10-12-4-5-12)14-9-24-27(11-14)16-3-1-2-6-31-16/h7-9,11-12,16,23H,1-6,10H2,(H2,22,28)(H,29,30). The summed E-state index contributed by atoms with van der Waals surface area (Å²) >= 11 is 1.31. The first-order valence-corrected chi connectivity index (χ1v) is 11.5. The number of carboxylic acid groups (broad SMARTS) is 1. The minimum atomic E-state index is -1.05. The minimum absolute atomic E-state index is 0.0679. The van der Waals surface area contributed by atoms with Crippen molar-refractivity contribution < 1.29 is 19.4 Å². The van der Waals surface area contributed by atoms with E-state index in [1.54, 1.807) is 6.20 Å². The highest BCUT2D eigenvalue weighted by molar-refractivity contribution is 7.19. The Morgan fingerprint density at radius 3 is 2.84 bits per heavy atom. The number of amides is 1. The van der Waals surface area contributed by atoms with Gasteiger partial charge >= 0.3 is 5.97 Å². The molecular weight excluding hydrogens is 432 g/mol. The number of thiazole rings is 1. The summed E-state index contributed by atoms with van der Waals surface area (Å²) in [4.78, 5) is 33.5. The summed E-state index contributed by atoms with van der Waals surface area (Å²) in [5.74, 6) is -1.16. The molecule has 32 heavy (non-hydrogen) atoms. The maximum Gasteiger partial charge on any atom is 0.337 e. The lowest BCUT2D eigenvalue weighted by molar-refractivity contribution is -0.0394. The third-order valence-electron chi connectivity index (χ3n) is 5.74. The van der Waals surface area contributed by atoms with E-state index < -0.39 is 11.9 Å². The first kappa shape index (κ1) is 20.7. The van der Waals surface area contributed by atoms with Gasteiger partial charge in [0, 0.05) is 19.3 Å². The van der Waals surface area contributed by atoms with Crippen LogP contribution in [0.2, 0.25) is 0 Å². The number of ether oxygens (including phenoxy) is 1. The number of aromatic nitrogens is 4. The Hall–Kier alpha value is -3.18. The number of hydrogen-bond donors (Lipinski definition) is 3. The summed E-state index contributed by atoms with van der Waals surface area (Å²) in [7, 11) is 0. The third-order valence-corrected chi connectivity index (χ3v) is 6.85. The zero-order chi connectivity index (χ0) is 22.2. The molecule has 1 amide bonds. The third kappa shape index (κ3) is 4.13. The van der Waals surface area contributed by atoms with Gasteiger partial charge in [-0.3, -0.25) is 4.79 Å². The van der Waals surface area contributed by atoms with Crippen molar-refractivity contribution >= 4 is 34.0 Å². The molecule has 0 spiro atoms. The van der Waals surface area contributed by atoms with Gasteiger partial charge in [-0.15, -0.1) is 0 Å². The number of hydrogen-bond acceptors (Lipinski definition) is 7. The van der Waals surface area contributed by atoms with Crippen LogP contribution in [0.1, 0.15) is 59.2 Å². The van der Waals surface area contributed by atoms with E-state index in [4.69, 9.17) is 10.5 Å². The van der Waals surface area contributed by atoms with Crippen molar-refractivity contribution in [3.05, 3.63) is 35.9 Å². The molecule has 2 aliphatic rings. The van der Waals surface area contributed by atoms with Gasteiger partial charge < -0.3 is 25.5 Å². The number of aromatic carboxylic acids is 1. The van der Waals surface area contributed by atoms with Gasteiger partial charge in [-0.25, -0.2) is 14.5 Å². The van der Waals surface area contributed by atoms with E-state index in [-0.39, 0.29) is 17.5 Å². The molecule has 1 atom stereocenters. The van der Waals surface area contributed by atoms with E-state index in [0.717, 1.165) is 50.9 Å². The summed E-state index contributed by atoms with van der Waals surface area (Å²) in [6.45, 7) is 1.49. The van der Waals surface area contributed by atoms with E-state index in [2.05, 4.69) is 20.0 Å². The molecule has 1 unspecified atom stereocenters. The topological polar surface area (TPSA) is 139 Å². The highest BCUT2D eigenvalue weighted by Crippen LogP contribution is 2.41. The molecule has 4 heterocycles. The summed E-state index contributed by atoms with van der Waals surface area (Å²) < 4.78 is 7.70. The normalized spacial score (nSPS) is 18.6. The predicted octanol–water partition coefficient (Wildman–Crippen LogP) is 3.38. The highest BCUT2D eigenvalue weighted by atomic mass is 32.1. The Morgan fingerprint density at radius 2 is 2.19 bits per heavy atom. The second-order valence-corrected chi connectivity index (χ2v) is 9.18. The van der Waals surface area contributed by atoms with Gasteiger partial charge in [0.15, 0.2) is 10.8 Å². The fraction of sp³-hybridized carbons (Fsp3) is 0.429. The predicted molar refractivity (Wildman–Crippen MR) is 118 cm³/mol. The number of nitrogens with one attached hydrogen (secondary N) is 1. The first-order valence-electron chi connectivity index (χ1n) is 10.7. The minimum Gasteiger partial charge on any atom is -0.478 e. The molecule has 0 aromatic carbocycles. The molecule has 4 N–H and O–H groups in total. The lowest BCUT2D eigenvalue weighted by Gasteiger charge is -2.23. The van der Waals surface area contributed by atoms with Gasteiger partial charge in [0.1, 0.15) is 6.23 Å². The second kappa shape index (κ2) is 8.40. The van der Waals surface area contributed by atoms with E-state index in [1.807, 2.05) is 10.9 Å². The Balaban J connectivity index is 1.50. The van der Waals surface area contributed by atoms with E-state index in [0.29, 0.717) is 21.6 Å². The van der Waals surface area contributed by atoms with Crippen molar-refractivity contribution in [2.75, 3.05) is 18.1 Å². The highest BCUT2D eigenvalue weighted by Gasteiger charge is 2.30. The smallest absolute Gasteiger partial charge is 0.337 e. The zero-order valence-electron chi connectivity index (χ0n) is 17.4. The molecule has 1 aliphatic heterocycles. The molecular formula is C21H24N6O4S. The number of anilines is 2. The van der Waals surface area contributed by atoms with Crippen molar-refractivity contribution in [1.82, 2.24) is 19.7 Å². The van der Waals surface area contributed by atoms with Crippen LogP contribution >= 0.6 is 11.3 Å². The number of nitrogens with zero attached hydrogens (tertiary/aromatic N) is 4. The number of carboxylic acids is 1. The summed E-state index contributed by atoms with van der Waals surface area (Å²) in [5, 5.41) is 14.4. The molecule has 5 rings (SSSR count). The molecule has 0 bridgehead atoms. The van der Waals surface area contributed by atoms with Crippen LogP contribution in [0.25, 0.3) is 10.6 Å². The first-order chi connectivity index (χ1) is 15.5. The molecule has 3 aromatic rings. The Labute approximate surface area is 188 Å². The van der Waals surface area contributed by atoms with Gasteiger partial charge in [-0.05, 0) is 44.1 Å². The van der Waals surface area contributed by atoms with Gasteiger partial charge in [0.25, 0.3) is 5.91 Å². The fourth-order valence-electron chi connectivity index (χ4n) is 3.83. The number of aromatic amines is 1. The van der Waals surface area contributed by atoms with Crippen LogP contribution in [0.3, 0.4) is 0 Å². The van der Waals surface area contributed by atoms with E-state index in [9.17, 15) is 14.7 Å². The average Bonchev–Trinajstić information content (AvgIpc) is 3.20. The van der Waals surface area contributed by atoms with Gasteiger partial charge in [-0.2, -0.15) is 5.10 Å². The maximum atomic E-state index is 12.1. The lowest BCUT2D eigenvalue weighted by atomic mass is 10.2. The number of primary amides is 1. The van der Waals surface area contributed by atoms with Crippen LogP contribution < -0.4 is 10.6 Å². The molecule has 1 saturated heterocycles. The van der Waals surface area contributed by atoms with Gasteiger partial charge in [0.05, 0.1) is 34.2 Å². The zero-order valence-corrected chi connectivity index (χ0v) is 18.2. The van der Waals surface area contributed by atoms with Gasteiger partial charge in [0.2, 0.25) is 0 Å². The van der Waals surface area contributed by atoms with E-state index >= 15 is 0 Å². The Bertz CT molecular complexity index is 1140. The molecule has 1 aliphatic carbocycles. The molecule has 3 aromatic heterocycles. The van der Waals surface area contributed by atoms with E-state index in [1.165, 1.54) is 23.6 Å². The number of H-pyrrole nitrogens is 1. The van der Waals surface area contributed by atoms with Crippen molar-refractivity contribution in [3.8, 4) is 10.6 Å². The summed E-state index contributed by atoms with van der Waals surface area (Å²) in [5.41, 5.74) is 7.21. The lowest BCUT2D eigenvalue weighted by Crippen LogP contribution is -2.21. The molecule has 10 nitrogen and oxygen atoms in total.